The fourth-order valence-electron chi connectivity index (χ4n) is 1.25. The predicted octanol–water partition coefficient (Wildman–Crippen LogP) is 2.85. The van der Waals surface area contributed by atoms with E-state index in [-0.39, 0.29) is 0 Å². The zero-order chi connectivity index (χ0) is 9.97. The van der Waals surface area contributed by atoms with Crippen LogP contribution in [0, 0.1) is 0 Å². The number of nitrogens with zero attached hydrogens (tertiary/aromatic N) is 1. The Hall–Kier alpha value is -1.29. The number of hydrogen-bond donors (Lipinski definition) is 1. The molecule has 1 aromatic heterocycles. The van der Waals surface area contributed by atoms with Crippen molar-refractivity contribution < 1.29 is 4.74 Å². The molecule has 0 aliphatic rings. The van der Waals surface area contributed by atoms with Crippen molar-refractivity contribution in [3.05, 3.63) is 34.9 Å². The maximum absolute atomic E-state index is 5.11. The summed E-state index contributed by atoms with van der Waals surface area (Å²) in [5, 5.41) is 6.82. The van der Waals surface area contributed by atoms with Crippen molar-refractivity contribution in [2.45, 2.75) is 0 Å². The van der Waals surface area contributed by atoms with E-state index in [2.05, 4.69) is 26.1 Å². The van der Waals surface area contributed by atoms with E-state index in [0.29, 0.717) is 0 Å². The van der Waals surface area contributed by atoms with E-state index in [1.165, 1.54) is 0 Å². The first kappa shape index (κ1) is 9.27. The summed E-state index contributed by atoms with van der Waals surface area (Å²) in [4.78, 5) is 0. The van der Waals surface area contributed by atoms with Crippen LogP contribution in [-0.2, 0) is 0 Å². The molecule has 0 fully saturated rings. The summed E-state index contributed by atoms with van der Waals surface area (Å²) in [5.74, 6) is 0.833. The van der Waals surface area contributed by atoms with Gasteiger partial charge in [0, 0.05) is 16.2 Å². The topological polar surface area (TPSA) is 37.9 Å². The van der Waals surface area contributed by atoms with Crippen molar-refractivity contribution >= 4 is 15.9 Å². The van der Waals surface area contributed by atoms with Gasteiger partial charge in [-0.3, -0.25) is 5.10 Å². The van der Waals surface area contributed by atoms with Gasteiger partial charge in [0.1, 0.15) is 5.75 Å². The minimum atomic E-state index is 0.833. The van der Waals surface area contributed by atoms with Crippen molar-refractivity contribution in [2.24, 2.45) is 0 Å². The summed E-state index contributed by atoms with van der Waals surface area (Å²) < 4.78 is 6.10. The second kappa shape index (κ2) is 3.84. The Labute approximate surface area is 90.2 Å². The van der Waals surface area contributed by atoms with Crippen LogP contribution >= 0.6 is 15.9 Å². The molecule has 0 aliphatic heterocycles. The molecule has 3 nitrogen and oxygen atoms in total. The van der Waals surface area contributed by atoms with Crippen LogP contribution < -0.4 is 4.74 Å². The second-order valence-electron chi connectivity index (χ2n) is 2.82. The zero-order valence-corrected chi connectivity index (χ0v) is 9.21. The Morgan fingerprint density at radius 1 is 1.36 bits per heavy atom. The van der Waals surface area contributed by atoms with Gasteiger partial charge >= 0.3 is 0 Å². The summed E-state index contributed by atoms with van der Waals surface area (Å²) in [6, 6.07) is 7.75. The number of aromatic nitrogens is 2. The highest BCUT2D eigenvalue weighted by molar-refractivity contribution is 9.10. The maximum Gasteiger partial charge on any atom is 0.120 e. The molecule has 0 atom stereocenters. The average Bonchev–Trinajstić information content (AvgIpc) is 2.70. The number of methoxy groups -OCH3 is 1. The lowest BCUT2D eigenvalue weighted by atomic mass is 10.1. The van der Waals surface area contributed by atoms with Gasteiger partial charge in [-0.2, -0.15) is 5.10 Å². The zero-order valence-electron chi connectivity index (χ0n) is 7.62. The number of halogens is 1. The van der Waals surface area contributed by atoms with Crippen molar-refractivity contribution in [1.29, 1.82) is 0 Å². The van der Waals surface area contributed by atoms with Crippen molar-refractivity contribution in [2.75, 3.05) is 7.11 Å². The third-order valence-corrected chi connectivity index (χ3v) is 2.62. The van der Waals surface area contributed by atoms with Crippen molar-refractivity contribution in [3.63, 3.8) is 0 Å². The van der Waals surface area contributed by atoms with Gasteiger partial charge in [0.15, 0.2) is 0 Å². The van der Waals surface area contributed by atoms with Crippen LogP contribution in [0.15, 0.2) is 34.9 Å². The van der Waals surface area contributed by atoms with E-state index in [4.69, 9.17) is 4.74 Å². The van der Waals surface area contributed by atoms with E-state index < -0.39 is 0 Å². The smallest absolute Gasteiger partial charge is 0.120 e. The van der Waals surface area contributed by atoms with Gasteiger partial charge in [0.2, 0.25) is 0 Å². The van der Waals surface area contributed by atoms with Crippen LogP contribution in [0.5, 0.6) is 5.75 Å². The van der Waals surface area contributed by atoms with E-state index in [0.717, 1.165) is 21.5 Å². The van der Waals surface area contributed by atoms with Gasteiger partial charge in [-0.05, 0) is 40.2 Å². The molecule has 1 N–H and O–H groups in total. The Morgan fingerprint density at radius 3 is 2.79 bits per heavy atom. The lowest BCUT2D eigenvalue weighted by molar-refractivity contribution is 0.414. The van der Waals surface area contributed by atoms with Gasteiger partial charge in [0.05, 0.1) is 12.8 Å². The minimum Gasteiger partial charge on any atom is -0.497 e. The average molecular weight is 253 g/mol. The minimum absolute atomic E-state index is 0.833. The third kappa shape index (κ3) is 1.65. The first-order chi connectivity index (χ1) is 6.81. The summed E-state index contributed by atoms with van der Waals surface area (Å²) in [5.41, 5.74) is 2.06. The van der Waals surface area contributed by atoms with E-state index >= 15 is 0 Å². The molecule has 2 rings (SSSR count). The van der Waals surface area contributed by atoms with Gasteiger partial charge in [-0.25, -0.2) is 0 Å². The fourth-order valence-corrected chi connectivity index (χ4v) is 1.82. The standard InChI is InChI=1S/C10H9BrN2O/c1-14-7-2-3-8(9(11)6-7)10-4-5-12-13-10/h2-6H,1H3,(H,12,13). The fraction of sp³-hybridized carbons (Fsp3) is 0.100. The van der Waals surface area contributed by atoms with Gasteiger partial charge in [0.25, 0.3) is 0 Å². The highest BCUT2D eigenvalue weighted by Gasteiger charge is 2.04. The number of benzene rings is 1. The van der Waals surface area contributed by atoms with E-state index in [1.807, 2.05) is 24.3 Å². The number of hydrogen-bond acceptors (Lipinski definition) is 2. The number of ether oxygens (including phenoxy) is 1. The van der Waals surface area contributed by atoms with Crippen LogP contribution in [0.25, 0.3) is 11.3 Å². The molecule has 0 unspecified atom stereocenters. The van der Waals surface area contributed by atoms with E-state index in [9.17, 15) is 0 Å². The molecular weight excluding hydrogens is 244 g/mol. The summed E-state index contributed by atoms with van der Waals surface area (Å²) in [6.07, 6.45) is 1.73. The first-order valence-electron chi connectivity index (χ1n) is 4.14. The predicted molar refractivity (Wildman–Crippen MR) is 58.3 cm³/mol. The molecular formula is C10H9BrN2O. The van der Waals surface area contributed by atoms with Gasteiger partial charge in [-0.15, -0.1) is 0 Å². The maximum atomic E-state index is 5.11. The molecule has 0 spiro atoms. The monoisotopic (exact) mass is 252 g/mol. The molecule has 0 radical (unpaired) electrons. The van der Waals surface area contributed by atoms with Crippen LogP contribution in [0.3, 0.4) is 0 Å². The Balaban J connectivity index is 2.46. The molecule has 2 aromatic rings. The molecule has 0 saturated carbocycles. The quantitative estimate of drug-likeness (QED) is 0.893. The molecule has 4 heteroatoms. The highest BCUT2D eigenvalue weighted by atomic mass is 79.9. The van der Waals surface area contributed by atoms with Crippen molar-refractivity contribution in [1.82, 2.24) is 10.2 Å². The van der Waals surface area contributed by atoms with Gasteiger partial charge in [-0.1, -0.05) is 0 Å². The van der Waals surface area contributed by atoms with E-state index in [1.54, 1.807) is 13.3 Å². The lowest BCUT2D eigenvalue weighted by Gasteiger charge is -2.04. The largest absolute Gasteiger partial charge is 0.497 e. The molecule has 1 aromatic carbocycles. The lowest BCUT2D eigenvalue weighted by Crippen LogP contribution is -1.85. The number of nitrogens with one attached hydrogen (secondary N) is 1. The SMILES string of the molecule is COc1ccc(-c2ccn[nH]2)c(Br)c1. The first-order valence-corrected chi connectivity index (χ1v) is 4.94. The van der Waals surface area contributed by atoms with Crippen LogP contribution in [0.4, 0.5) is 0 Å². The number of H-pyrrole nitrogens is 1. The Morgan fingerprint density at radius 2 is 2.21 bits per heavy atom. The van der Waals surface area contributed by atoms with Crippen LogP contribution in [0.2, 0.25) is 0 Å². The molecule has 0 aliphatic carbocycles. The summed E-state index contributed by atoms with van der Waals surface area (Å²) in [7, 11) is 1.65. The molecule has 0 amide bonds. The van der Waals surface area contributed by atoms with Gasteiger partial charge < -0.3 is 4.74 Å². The number of aromatic amines is 1. The Bertz CT molecular complexity index is 426. The Kier molecular flexibility index (Phi) is 2.54. The van der Waals surface area contributed by atoms with Crippen LogP contribution in [0.1, 0.15) is 0 Å². The molecule has 0 bridgehead atoms. The summed E-state index contributed by atoms with van der Waals surface area (Å²) in [6.45, 7) is 0. The normalized spacial score (nSPS) is 10.1. The summed E-state index contributed by atoms with van der Waals surface area (Å²) >= 11 is 3.48. The third-order valence-electron chi connectivity index (χ3n) is 1.97. The highest BCUT2D eigenvalue weighted by Crippen LogP contribution is 2.29. The molecule has 14 heavy (non-hydrogen) atoms. The molecule has 0 saturated heterocycles. The second-order valence-corrected chi connectivity index (χ2v) is 3.67. The van der Waals surface area contributed by atoms with Crippen molar-refractivity contribution in [3.8, 4) is 17.0 Å². The number of rotatable bonds is 2. The molecule has 72 valence electrons. The molecule has 1 heterocycles. The van der Waals surface area contributed by atoms with Crippen LogP contribution in [-0.4, -0.2) is 17.3 Å².